The largest absolute Gasteiger partial charge is 0.453 e. The quantitative estimate of drug-likeness (QED) is 0.370. The van der Waals surface area contributed by atoms with Crippen LogP contribution in [0.3, 0.4) is 0 Å². The lowest BCUT2D eigenvalue weighted by Gasteiger charge is -2.16. The first-order valence-corrected chi connectivity index (χ1v) is 10.5. The minimum atomic E-state index is -0.928. The number of carbonyl (C=O) groups excluding carboxylic acids is 1. The van der Waals surface area contributed by atoms with Crippen LogP contribution >= 0.6 is 0 Å². The average Bonchev–Trinajstić information content (AvgIpc) is 2.85. The van der Waals surface area contributed by atoms with Crippen LogP contribution in [0.1, 0.15) is 15.9 Å². The van der Waals surface area contributed by atoms with E-state index in [1.54, 1.807) is 0 Å². The summed E-state index contributed by atoms with van der Waals surface area (Å²) in [7, 11) is 0. The average molecular weight is 487 g/mol. The number of amides is 1. The Kier molecular flexibility index (Phi) is 6.76. The Hall–Kier alpha value is -5.01. The van der Waals surface area contributed by atoms with Gasteiger partial charge in [-0.05, 0) is 54.6 Å². The summed E-state index contributed by atoms with van der Waals surface area (Å²) in [5.74, 6) is 3.37. The van der Waals surface area contributed by atoms with E-state index in [1.165, 1.54) is 48.7 Å². The molecule has 0 fully saturated rings. The fraction of sp³-hybridized carbons (Fsp3) is 0.0385. The topological polar surface area (TPSA) is 139 Å². The second-order valence-electron chi connectivity index (χ2n) is 7.44. The summed E-state index contributed by atoms with van der Waals surface area (Å²) in [5.41, 5.74) is 16.7. The van der Waals surface area contributed by atoms with Crippen molar-refractivity contribution in [3.63, 3.8) is 0 Å². The van der Waals surface area contributed by atoms with Crippen molar-refractivity contribution in [3.05, 3.63) is 100.0 Å². The highest BCUT2D eigenvalue weighted by atomic mass is 19.1. The van der Waals surface area contributed by atoms with Crippen LogP contribution in [0.15, 0.2) is 71.7 Å². The smallest absolute Gasteiger partial charge is 0.268 e. The van der Waals surface area contributed by atoms with Crippen molar-refractivity contribution in [1.29, 1.82) is 0 Å². The predicted octanol–water partition coefficient (Wildman–Crippen LogP) is 2.96. The molecule has 4 aromatic rings. The summed E-state index contributed by atoms with van der Waals surface area (Å²) in [6, 6.07) is 13.3. The van der Waals surface area contributed by atoms with Gasteiger partial charge in [0.15, 0.2) is 11.6 Å². The molecular formula is C26H19F2N5O3. The molecule has 8 nitrogen and oxygen atoms in total. The van der Waals surface area contributed by atoms with Crippen molar-refractivity contribution in [3.8, 4) is 40.3 Å². The summed E-state index contributed by atoms with van der Waals surface area (Å²) < 4.78 is 35.5. The number of pyridine rings is 2. The zero-order valence-electron chi connectivity index (χ0n) is 18.7. The van der Waals surface area contributed by atoms with E-state index >= 15 is 4.39 Å². The van der Waals surface area contributed by atoms with Gasteiger partial charge in [0, 0.05) is 23.5 Å². The van der Waals surface area contributed by atoms with Gasteiger partial charge < -0.3 is 21.9 Å². The zero-order chi connectivity index (χ0) is 25.8. The molecule has 0 bridgehead atoms. The Bertz CT molecular complexity index is 1590. The summed E-state index contributed by atoms with van der Waals surface area (Å²) in [6.07, 6.45) is 1.40. The molecule has 0 saturated heterocycles. The summed E-state index contributed by atoms with van der Waals surface area (Å²) >= 11 is 0. The molecule has 2 aromatic carbocycles. The molecule has 0 spiro atoms. The number of anilines is 1. The van der Waals surface area contributed by atoms with Gasteiger partial charge in [-0.25, -0.2) is 13.8 Å². The van der Waals surface area contributed by atoms with E-state index in [9.17, 15) is 14.0 Å². The molecule has 0 radical (unpaired) electrons. The number of primary amides is 1. The molecular weight excluding hydrogens is 468 g/mol. The maximum atomic E-state index is 15.2. The maximum Gasteiger partial charge on any atom is 0.268 e. The Morgan fingerprint density at radius 1 is 1.03 bits per heavy atom. The van der Waals surface area contributed by atoms with E-state index in [0.717, 1.165) is 22.8 Å². The first-order valence-electron chi connectivity index (χ1n) is 10.5. The molecule has 36 heavy (non-hydrogen) atoms. The first-order chi connectivity index (χ1) is 17.3. The number of ether oxygens (including phenoxy) is 1. The second kappa shape index (κ2) is 10.1. The van der Waals surface area contributed by atoms with Crippen LogP contribution in [0.5, 0.6) is 11.5 Å². The molecule has 0 aliphatic carbocycles. The van der Waals surface area contributed by atoms with E-state index in [1.807, 2.05) is 0 Å². The molecule has 0 unspecified atom stereocenters. The number of benzene rings is 2. The number of carbonyl (C=O) groups is 1. The van der Waals surface area contributed by atoms with Crippen LogP contribution in [0.4, 0.5) is 14.6 Å². The Labute approximate surface area is 203 Å². The Morgan fingerprint density at radius 2 is 1.78 bits per heavy atom. The van der Waals surface area contributed by atoms with E-state index in [2.05, 4.69) is 16.8 Å². The molecule has 0 atom stereocenters. The standard InChI is InChI=1S/C26H19F2N5O3/c27-16-4-6-17(7-5-16)33-21(9-8-19(25(31)34)26(33)35)15-3-10-23(20(28)14-15)36-22-11-13-32-24(30)18(22)2-1-12-29/h3-11,13-14H,12,29H2,(H2,30,32)(H2,31,34). The lowest BCUT2D eigenvalue weighted by molar-refractivity contribution is 0.0998. The van der Waals surface area contributed by atoms with Gasteiger partial charge in [-0.2, -0.15) is 0 Å². The normalized spacial score (nSPS) is 10.4. The highest BCUT2D eigenvalue weighted by molar-refractivity contribution is 5.92. The number of hydrogen-bond acceptors (Lipinski definition) is 6. The first kappa shape index (κ1) is 24.1. The van der Waals surface area contributed by atoms with Crippen molar-refractivity contribution in [1.82, 2.24) is 9.55 Å². The van der Waals surface area contributed by atoms with Gasteiger partial charge in [-0.15, -0.1) is 0 Å². The molecule has 0 saturated carbocycles. The Morgan fingerprint density at radius 3 is 2.44 bits per heavy atom. The van der Waals surface area contributed by atoms with Crippen molar-refractivity contribution in [2.24, 2.45) is 11.5 Å². The molecule has 6 N–H and O–H groups in total. The number of nitrogen functional groups attached to an aromatic ring is 1. The second-order valence-corrected chi connectivity index (χ2v) is 7.44. The lowest BCUT2D eigenvalue weighted by atomic mass is 10.1. The van der Waals surface area contributed by atoms with Gasteiger partial charge in [-0.1, -0.05) is 11.8 Å². The van der Waals surface area contributed by atoms with Gasteiger partial charge in [-0.3, -0.25) is 14.2 Å². The molecule has 180 valence electrons. The van der Waals surface area contributed by atoms with Crippen molar-refractivity contribution in [2.75, 3.05) is 12.3 Å². The third kappa shape index (κ3) is 4.77. The molecule has 10 heteroatoms. The zero-order valence-corrected chi connectivity index (χ0v) is 18.7. The summed E-state index contributed by atoms with van der Waals surface area (Å²) in [4.78, 5) is 28.7. The fourth-order valence-corrected chi connectivity index (χ4v) is 3.47. The monoisotopic (exact) mass is 487 g/mol. The van der Waals surface area contributed by atoms with E-state index in [4.69, 9.17) is 21.9 Å². The Balaban J connectivity index is 1.80. The highest BCUT2D eigenvalue weighted by Gasteiger charge is 2.18. The maximum absolute atomic E-state index is 15.2. The number of halogens is 2. The molecule has 2 aromatic heterocycles. The van der Waals surface area contributed by atoms with E-state index in [-0.39, 0.29) is 51.9 Å². The van der Waals surface area contributed by atoms with Crippen LogP contribution in [0.2, 0.25) is 0 Å². The van der Waals surface area contributed by atoms with E-state index in [0.29, 0.717) is 0 Å². The SMILES string of the molecule is NCC#Cc1c(Oc2ccc(-c3ccc(C(N)=O)c(=O)n3-c3ccc(F)cc3)cc2F)ccnc1N. The van der Waals surface area contributed by atoms with Gasteiger partial charge in [0.2, 0.25) is 0 Å². The molecule has 4 rings (SSSR count). The van der Waals surface area contributed by atoms with Gasteiger partial charge in [0.1, 0.15) is 28.5 Å². The van der Waals surface area contributed by atoms with E-state index < -0.39 is 23.1 Å². The summed E-state index contributed by atoms with van der Waals surface area (Å²) in [5, 5.41) is 0. The van der Waals surface area contributed by atoms with Crippen LogP contribution in [0.25, 0.3) is 16.9 Å². The minimum absolute atomic E-state index is 0.0845. The van der Waals surface area contributed by atoms with Crippen molar-refractivity contribution >= 4 is 11.7 Å². The third-order valence-electron chi connectivity index (χ3n) is 5.14. The number of nitrogens with zero attached hydrogens (tertiary/aromatic N) is 2. The van der Waals surface area contributed by atoms with Crippen LogP contribution in [-0.2, 0) is 0 Å². The fourth-order valence-electron chi connectivity index (χ4n) is 3.47. The predicted molar refractivity (Wildman–Crippen MR) is 131 cm³/mol. The van der Waals surface area contributed by atoms with Crippen molar-refractivity contribution in [2.45, 2.75) is 0 Å². The summed E-state index contributed by atoms with van der Waals surface area (Å²) in [6.45, 7) is 0.0845. The van der Waals surface area contributed by atoms with Crippen LogP contribution in [-0.4, -0.2) is 22.0 Å². The van der Waals surface area contributed by atoms with Gasteiger partial charge >= 0.3 is 0 Å². The lowest BCUT2D eigenvalue weighted by Crippen LogP contribution is -2.29. The van der Waals surface area contributed by atoms with Crippen LogP contribution < -0.4 is 27.5 Å². The van der Waals surface area contributed by atoms with Gasteiger partial charge in [0.25, 0.3) is 11.5 Å². The number of rotatable bonds is 5. The van der Waals surface area contributed by atoms with Crippen molar-refractivity contribution < 1.29 is 18.3 Å². The molecule has 1 amide bonds. The highest BCUT2D eigenvalue weighted by Crippen LogP contribution is 2.32. The van der Waals surface area contributed by atoms with Crippen LogP contribution in [0, 0.1) is 23.5 Å². The number of nitrogens with two attached hydrogens (primary N) is 3. The van der Waals surface area contributed by atoms with Gasteiger partial charge in [0.05, 0.1) is 12.2 Å². The molecule has 0 aliphatic rings. The minimum Gasteiger partial charge on any atom is -0.453 e. The molecule has 2 heterocycles. The number of hydrogen-bond donors (Lipinski definition) is 3. The third-order valence-corrected chi connectivity index (χ3v) is 5.14. The number of aromatic nitrogens is 2. The molecule has 0 aliphatic heterocycles.